The van der Waals surface area contributed by atoms with Gasteiger partial charge in [0.1, 0.15) is 0 Å². The van der Waals surface area contributed by atoms with E-state index in [9.17, 15) is 19.4 Å². The van der Waals surface area contributed by atoms with Gasteiger partial charge in [-0.05, 0) is 12.8 Å². The Kier molecular flexibility index (Phi) is 32.1. The molecule has 44 heavy (non-hydrogen) atoms. The molecule has 0 aromatic carbocycles. The van der Waals surface area contributed by atoms with Crippen molar-refractivity contribution in [1.82, 2.24) is 5.32 Å². The van der Waals surface area contributed by atoms with E-state index in [2.05, 4.69) is 19.2 Å². The molecule has 3 atom stereocenters. The van der Waals surface area contributed by atoms with Crippen molar-refractivity contribution in [3.05, 3.63) is 0 Å². The lowest BCUT2D eigenvalue weighted by Crippen LogP contribution is -2.46. The van der Waals surface area contributed by atoms with Crippen molar-refractivity contribution in [2.75, 3.05) is 19.8 Å². The van der Waals surface area contributed by atoms with Gasteiger partial charge in [-0.2, -0.15) is 0 Å². The minimum Gasteiger partial charge on any atom is -0.391 e. The predicted molar refractivity (Wildman–Crippen MR) is 185 cm³/mol. The average Bonchev–Trinajstić information content (AvgIpc) is 3.01. The molecule has 0 aromatic heterocycles. The lowest BCUT2D eigenvalue weighted by molar-refractivity contribution is -0.123. The molecule has 264 valence electrons. The Morgan fingerprint density at radius 3 is 1.45 bits per heavy atom. The van der Waals surface area contributed by atoms with Gasteiger partial charge in [-0.15, -0.1) is 0 Å². The van der Waals surface area contributed by atoms with Crippen molar-refractivity contribution >= 4 is 13.7 Å². The number of unbranched alkanes of at least 4 members (excludes halogenated alkanes) is 23. The number of nitrogens with one attached hydrogen (secondary N) is 1. The second-order valence-corrected chi connectivity index (χ2v) is 14.3. The summed E-state index contributed by atoms with van der Waals surface area (Å²) >= 11 is 0. The Labute approximate surface area is 272 Å². The van der Waals surface area contributed by atoms with Crippen LogP contribution in [0.4, 0.5) is 0 Å². The van der Waals surface area contributed by atoms with E-state index in [-0.39, 0.29) is 25.7 Å². The lowest BCUT2D eigenvalue weighted by Gasteiger charge is -2.25. The first kappa shape index (κ1) is 43.5. The van der Waals surface area contributed by atoms with Crippen LogP contribution < -0.4 is 11.1 Å². The fraction of sp³-hybridized carbons (Fsp3) is 0.971. The molecule has 0 heterocycles. The molecule has 5 N–H and O–H groups in total. The number of carbonyl (C=O) groups is 1. The van der Waals surface area contributed by atoms with Gasteiger partial charge < -0.3 is 21.1 Å². The van der Waals surface area contributed by atoms with Gasteiger partial charge in [0, 0.05) is 13.0 Å². The van der Waals surface area contributed by atoms with E-state index in [4.69, 9.17) is 14.8 Å². The van der Waals surface area contributed by atoms with Crippen molar-refractivity contribution < 1.29 is 28.4 Å². The van der Waals surface area contributed by atoms with Crippen LogP contribution in [0.5, 0.6) is 0 Å². The van der Waals surface area contributed by atoms with Crippen molar-refractivity contribution in [3.8, 4) is 0 Å². The van der Waals surface area contributed by atoms with Crippen LogP contribution in [0, 0.1) is 0 Å². The van der Waals surface area contributed by atoms with E-state index in [1.807, 2.05) is 0 Å². The lowest BCUT2D eigenvalue weighted by atomic mass is 10.0. The summed E-state index contributed by atoms with van der Waals surface area (Å²) in [5, 5.41) is 13.7. The molecule has 1 amide bonds. The van der Waals surface area contributed by atoms with Crippen LogP contribution in [0.2, 0.25) is 0 Å². The van der Waals surface area contributed by atoms with Crippen molar-refractivity contribution in [2.24, 2.45) is 5.73 Å². The Balaban J connectivity index is 4.22. The average molecular weight is 649 g/mol. The van der Waals surface area contributed by atoms with Gasteiger partial charge in [-0.1, -0.05) is 168 Å². The number of hydrogen-bond donors (Lipinski definition) is 4. The first-order valence-electron chi connectivity index (χ1n) is 18.7. The molecule has 0 aliphatic rings. The number of amides is 1. The first-order valence-corrected chi connectivity index (χ1v) is 20.1. The van der Waals surface area contributed by atoms with Gasteiger partial charge in [0.2, 0.25) is 5.91 Å². The minimum atomic E-state index is -4.30. The van der Waals surface area contributed by atoms with Crippen LogP contribution in [-0.2, 0) is 18.4 Å². The number of aliphatic hydroxyl groups excluding tert-OH is 1. The molecule has 0 fully saturated rings. The largest absolute Gasteiger partial charge is 0.472 e. The minimum absolute atomic E-state index is 0.0920. The summed E-state index contributed by atoms with van der Waals surface area (Å²) in [5.74, 6) is -0.163. The van der Waals surface area contributed by atoms with Crippen molar-refractivity contribution in [1.29, 1.82) is 0 Å². The molecule has 0 bridgehead atoms. The molecule has 0 aliphatic heterocycles. The zero-order chi connectivity index (χ0) is 32.6. The van der Waals surface area contributed by atoms with Crippen LogP contribution in [-0.4, -0.2) is 47.8 Å². The maximum Gasteiger partial charge on any atom is 0.472 e. The molecule has 0 aromatic rings. The second-order valence-electron chi connectivity index (χ2n) is 12.8. The van der Waals surface area contributed by atoms with E-state index in [0.717, 1.165) is 38.5 Å². The maximum absolute atomic E-state index is 12.6. The number of rotatable bonds is 35. The highest BCUT2D eigenvalue weighted by molar-refractivity contribution is 7.47. The van der Waals surface area contributed by atoms with E-state index in [0.29, 0.717) is 12.8 Å². The van der Waals surface area contributed by atoms with Crippen LogP contribution in [0.3, 0.4) is 0 Å². The van der Waals surface area contributed by atoms with Gasteiger partial charge in [0.15, 0.2) is 0 Å². The third-order valence-electron chi connectivity index (χ3n) is 8.46. The van der Waals surface area contributed by atoms with E-state index < -0.39 is 20.0 Å². The van der Waals surface area contributed by atoms with Gasteiger partial charge >= 0.3 is 7.82 Å². The molecule has 0 radical (unpaired) electrons. The van der Waals surface area contributed by atoms with E-state index in [1.54, 1.807) is 0 Å². The van der Waals surface area contributed by atoms with Gasteiger partial charge in [-0.3, -0.25) is 13.8 Å². The summed E-state index contributed by atoms with van der Waals surface area (Å²) in [6.07, 6.45) is 31.0. The molecule has 0 rings (SSSR count). The van der Waals surface area contributed by atoms with E-state index >= 15 is 0 Å². The third kappa shape index (κ3) is 30.2. The maximum atomic E-state index is 12.6. The number of carbonyl (C=O) groups excluding carboxylic acids is 1. The summed E-state index contributed by atoms with van der Waals surface area (Å²) in [5.41, 5.74) is 5.35. The summed E-state index contributed by atoms with van der Waals surface area (Å²) in [6, 6.07) is -0.765. The van der Waals surface area contributed by atoms with Crippen LogP contribution in [0.1, 0.15) is 187 Å². The highest BCUT2D eigenvalue weighted by atomic mass is 31.2. The van der Waals surface area contributed by atoms with Crippen LogP contribution in [0.15, 0.2) is 0 Å². The molecule has 3 unspecified atom stereocenters. The Hall–Kier alpha value is -0.500. The van der Waals surface area contributed by atoms with Crippen LogP contribution in [0.25, 0.3) is 0 Å². The smallest absolute Gasteiger partial charge is 0.391 e. The highest BCUT2D eigenvalue weighted by Gasteiger charge is 2.27. The Bertz CT molecular complexity index is 669. The summed E-state index contributed by atoms with van der Waals surface area (Å²) in [6.45, 7) is 4.19. The predicted octanol–water partition coefficient (Wildman–Crippen LogP) is 9.50. The van der Waals surface area contributed by atoms with E-state index in [1.165, 1.54) is 122 Å². The quantitative estimate of drug-likeness (QED) is 0.0398. The Morgan fingerprint density at radius 1 is 0.659 bits per heavy atom. The topological polar surface area (TPSA) is 131 Å². The molecular weight excluding hydrogens is 575 g/mol. The zero-order valence-corrected chi connectivity index (χ0v) is 29.8. The summed E-state index contributed by atoms with van der Waals surface area (Å²) in [4.78, 5) is 22.5. The number of phosphoric ester groups is 1. The number of aliphatic hydroxyl groups is 1. The molecule has 8 nitrogen and oxygen atoms in total. The fourth-order valence-corrected chi connectivity index (χ4v) is 6.37. The molecular formula is C35H73N2O6P. The Morgan fingerprint density at radius 2 is 1.05 bits per heavy atom. The second kappa shape index (κ2) is 32.4. The molecule has 0 saturated carbocycles. The summed E-state index contributed by atoms with van der Waals surface area (Å²) < 4.78 is 22.0. The molecule has 0 spiro atoms. The monoisotopic (exact) mass is 649 g/mol. The van der Waals surface area contributed by atoms with Crippen molar-refractivity contribution in [2.45, 2.75) is 199 Å². The highest BCUT2D eigenvalue weighted by Crippen LogP contribution is 2.43. The number of nitrogens with two attached hydrogens (primary N) is 1. The number of hydrogen-bond acceptors (Lipinski definition) is 6. The standard InChI is InChI=1S/C35H73N2O6P/c1-3-5-7-9-11-13-15-16-17-18-19-20-22-24-26-28-34(38)33(32-43-44(40,41)42-31-30-36)37-35(39)29-27-25-23-21-14-12-10-8-6-4-2/h33-34,38H,3-32,36H2,1-2H3,(H,37,39)(H,40,41). The summed E-state index contributed by atoms with van der Waals surface area (Å²) in [7, 11) is -4.30. The van der Waals surface area contributed by atoms with Crippen LogP contribution >= 0.6 is 7.82 Å². The van der Waals surface area contributed by atoms with Gasteiger partial charge in [0.25, 0.3) is 0 Å². The molecule has 9 heteroatoms. The van der Waals surface area contributed by atoms with Gasteiger partial charge in [-0.25, -0.2) is 4.57 Å². The normalized spacial score (nSPS) is 14.4. The molecule has 0 saturated heterocycles. The zero-order valence-electron chi connectivity index (χ0n) is 28.9. The molecule has 0 aliphatic carbocycles. The SMILES string of the molecule is CCCCCCCCCCCCCCCCCC(O)C(COP(=O)(O)OCCN)NC(=O)CCCCCCCCCCCC. The van der Waals surface area contributed by atoms with Gasteiger partial charge in [0.05, 0.1) is 25.4 Å². The van der Waals surface area contributed by atoms with Crippen molar-refractivity contribution in [3.63, 3.8) is 0 Å². The number of phosphoric acid groups is 1. The first-order chi connectivity index (χ1) is 21.4. The third-order valence-corrected chi connectivity index (χ3v) is 9.45. The fourth-order valence-electron chi connectivity index (χ4n) is 5.61.